The van der Waals surface area contributed by atoms with Crippen LogP contribution in [0.5, 0.6) is 0 Å². The molecule has 0 aliphatic rings. The standard InChI is InChI=1S/C9H12N3.2ClH.Zn/c1-3-11-8-5-4-7(2)6-9(8)12-10;;;/h4-6,11H,3H2,1-2H3;2*1H;/q+1;;;/p-2. The summed E-state index contributed by atoms with van der Waals surface area (Å²) in [5.41, 5.74) is 2.55. The second kappa shape index (κ2) is 10.2. The van der Waals surface area contributed by atoms with Crippen molar-refractivity contribution in [2.45, 2.75) is 13.8 Å². The second-order valence-electron chi connectivity index (χ2n) is 2.65. The average Bonchev–Trinajstić information content (AvgIpc) is 2.08. The molecule has 0 amide bonds. The molecule has 0 aromatic heterocycles. The molecule has 0 heterocycles. The Morgan fingerprint density at radius 1 is 1.33 bits per heavy atom. The van der Waals surface area contributed by atoms with Crippen LogP contribution in [-0.2, 0) is 19.5 Å². The summed E-state index contributed by atoms with van der Waals surface area (Å²) in [6.07, 6.45) is 0. The fraction of sp³-hybridized carbons (Fsp3) is 0.333. The topological polar surface area (TPSA) is 40.2 Å². The maximum atomic E-state index is 8.65. The molecule has 0 fully saturated rings. The van der Waals surface area contributed by atoms with Gasteiger partial charge < -0.3 is 30.1 Å². The molecule has 3 nitrogen and oxygen atoms in total. The Labute approximate surface area is 115 Å². The van der Waals surface area contributed by atoms with E-state index in [2.05, 4.69) is 10.3 Å². The zero-order valence-electron chi connectivity index (χ0n) is 8.80. The molecule has 1 N–H and O–H groups in total. The van der Waals surface area contributed by atoms with Gasteiger partial charge in [-0.15, -0.1) is 0 Å². The molecule has 6 heteroatoms. The smallest absolute Gasteiger partial charge is 0.408 e. The number of nitrogens with one attached hydrogen (secondary N) is 1. The summed E-state index contributed by atoms with van der Waals surface area (Å²) in [4.78, 5) is 3.19. The number of benzene rings is 1. The van der Waals surface area contributed by atoms with Gasteiger partial charge in [-0.1, -0.05) is 6.07 Å². The van der Waals surface area contributed by atoms with E-state index in [1.165, 1.54) is 0 Å². The largest absolute Gasteiger partial charge is 1.00 e. The van der Waals surface area contributed by atoms with Gasteiger partial charge in [-0.3, -0.25) is 0 Å². The molecule has 15 heavy (non-hydrogen) atoms. The maximum absolute atomic E-state index is 8.65. The van der Waals surface area contributed by atoms with Gasteiger partial charge >= 0.3 is 5.69 Å². The van der Waals surface area contributed by atoms with Crippen molar-refractivity contribution in [1.82, 2.24) is 0 Å². The van der Waals surface area contributed by atoms with Crippen molar-refractivity contribution in [2.75, 3.05) is 11.9 Å². The second-order valence-corrected chi connectivity index (χ2v) is 2.65. The van der Waals surface area contributed by atoms with Crippen LogP contribution in [0.25, 0.3) is 4.98 Å². The van der Waals surface area contributed by atoms with Crippen LogP contribution in [0.2, 0.25) is 0 Å². The van der Waals surface area contributed by atoms with Crippen LogP contribution in [0.3, 0.4) is 0 Å². The quantitative estimate of drug-likeness (QED) is 0.465. The molecule has 0 unspecified atom stereocenters. The van der Waals surface area contributed by atoms with E-state index >= 15 is 0 Å². The van der Waals surface area contributed by atoms with Crippen molar-refractivity contribution < 1.29 is 44.3 Å². The third-order valence-electron chi connectivity index (χ3n) is 1.63. The third kappa shape index (κ3) is 5.94. The summed E-state index contributed by atoms with van der Waals surface area (Å²) in [6.45, 7) is 4.79. The van der Waals surface area contributed by atoms with E-state index in [0.29, 0.717) is 5.69 Å². The minimum absolute atomic E-state index is 0. The Kier molecular flexibility index (Phi) is 13.6. The molecule has 0 spiro atoms. The molecular formula is C9H12Cl2N3Zn-. The van der Waals surface area contributed by atoms with Crippen LogP contribution >= 0.6 is 0 Å². The first-order valence-electron chi connectivity index (χ1n) is 3.97. The first-order chi connectivity index (χ1) is 5.77. The fourth-order valence-electron chi connectivity index (χ4n) is 1.06. The minimum Gasteiger partial charge on any atom is -1.00 e. The van der Waals surface area contributed by atoms with Gasteiger partial charge in [0.25, 0.3) is 0 Å². The SMILES string of the molecule is CCNc1ccc(C)cc1[N+]#N.[Cl-].[Cl-].[Zn]. The Bertz CT molecular complexity index is 326. The summed E-state index contributed by atoms with van der Waals surface area (Å²) in [6, 6.07) is 5.72. The Morgan fingerprint density at radius 3 is 2.40 bits per heavy atom. The minimum atomic E-state index is 0. The van der Waals surface area contributed by atoms with Crippen LogP contribution in [-0.4, -0.2) is 6.54 Å². The van der Waals surface area contributed by atoms with Gasteiger partial charge in [-0.25, -0.2) is 0 Å². The number of diazo groups is 1. The van der Waals surface area contributed by atoms with E-state index in [9.17, 15) is 0 Å². The zero-order valence-corrected chi connectivity index (χ0v) is 13.3. The zero-order chi connectivity index (χ0) is 8.97. The molecule has 1 aromatic rings. The average molecular weight is 299 g/mol. The summed E-state index contributed by atoms with van der Waals surface area (Å²) in [5, 5.41) is 11.8. The van der Waals surface area contributed by atoms with Gasteiger partial charge in [-0.2, -0.15) is 0 Å². The van der Waals surface area contributed by atoms with Gasteiger partial charge in [0.15, 0.2) is 4.98 Å². The first kappa shape index (κ1) is 20.1. The van der Waals surface area contributed by atoms with Crippen molar-refractivity contribution >= 4 is 11.4 Å². The molecule has 80 valence electrons. The maximum Gasteiger partial charge on any atom is 0.408 e. The molecule has 0 radical (unpaired) electrons. The van der Waals surface area contributed by atoms with Crippen LogP contribution in [0, 0.1) is 12.3 Å². The Morgan fingerprint density at radius 2 is 1.93 bits per heavy atom. The summed E-state index contributed by atoms with van der Waals surface area (Å²) >= 11 is 0. The number of rotatable bonds is 2. The van der Waals surface area contributed by atoms with E-state index in [1.807, 2.05) is 32.0 Å². The van der Waals surface area contributed by atoms with Gasteiger partial charge in [-0.05, 0) is 25.5 Å². The monoisotopic (exact) mass is 296 g/mol. The number of nitrogens with zero attached hydrogens (tertiary/aromatic N) is 2. The van der Waals surface area contributed by atoms with E-state index < -0.39 is 0 Å². The van der Waals surface area contributed by atoms with E-state index in [-0.39, 0.29) is 44.3 Å². The summed E-state index contributed by atoms with van der Waals surface area (Å²) in [7, 11) is 0. The van der Waals surface area contributed by atoms with Crippen molar-refractivity contribution in [1.29, 1.82) is 5.39 Å². The molecule has 0 saturated carbocycles. The Balaban J connectivity index is -0.000000480. The van der Waals surface area contributed by atoms with Crippen LogP contribution in [0.1, 0.15) is 12.5 Å². The van der Waals surface area contributed by atoms with Crippen LogP contribution in [0.4, 0.5) is 11.4 Å². The molecule has 0 atom stereocenters. The molecule has 0 saturated heterocycles. The van der Waals surface area contributed by atoms with Crippen molar-refractivity contribution in [3.8, 4) is 0 Å². The van der Waals surface area contributed by atoms with E-state index in [4.69, 9.17) is 5.39 Å². The molecular weight excluding hydrogens is 286 g/mol. The summed E-state index contributed by atoms with van der Waals surface area (Å²) < 4.78 is 0. The normalized spacial score (nSPS) is 7.27. The van der Waals surface area contributed by atoms with Gasteiger partial charge in [0.05, 0.1) is 0 Å². The number of halogens is 2. The first-order valence-corrected chi connectivity index (χ1v) is 3.97. The molecule has 0 bridgehead atoms. The summed E-state index contributed by atoms with van der Waals surface area (Å²) in [5.74, 6) is 0. The number of hydrogen-bond acceptors (Lipinski definition) is 2. The fourth-order valence-corrected chi connectivity index (χ4v) is 1.06. The molecule has 0 aliphatic carbocycles. The van der Waals surface area contributed by atoms with Gasteiger partial charge in [0.2, 0.25) is 5.39 Å². The Hall–Kier alpha value is -0.357. The van der Waals surface area contributed by atoms with Crippen LogP contribution in [0.15, 0.2) is 18.2 Å². The van der Waals surface area contributed by atoms with E-state index in [1.54, 1.807) is 0 Å². The number of hydrogen-bond donors (Lipinski definition) is 1. The number of anilines is 1. The predicted octanol–water partition coefficient (Wildman–Crippen LogP) is -3.08. The molecule has 1 aromatic carbocycles. The van der Waals surface area contributed by atoms with E-state index in [0.717, 1.165) is 17.8 Å². The van der Waals surface area contributed by atoms with Gasteiger partial charge in [0, 0.05) is 32.1 Å². The number of aryl methyl sites for hydroxylation is 1. The van der Waals surface area contributed by atoms with Crippen LogP contribution < -0.4 is 30.1 Å². The van der Waals surface area contributed by atoms with Crippen molar-refractivity contribution in [2.24, 2.45) is 0 Å². The molecule has 0 aliphatic heterocycles. The van der Waals surface area contributed by atoms with Gasteiger partial charge in [0.1, 0.15) is 5.69 Å². The van der Waals surface area contributed by atoms with Crippen molar-refractivity contribution in [3.05, 3.63) is 28.7 Å². The predicted molar refractivity (Wildman–Crippen MR) is 50.1 cm³/mol. The third-order valence-corrected chi connectivity index (χ3v) is 1.63. The molecule has 1 rings (SSSR count). The van der Waals surface area contributed by atoms with Crippen molar-refractivity contribution in [3.63, 3.8) is 0 Å².